The van der Waals surface area contributed by atoms with Gasteiger partial charge in [-0.3, -0.25) is 0 Å². The normalized spacial score (nSPS) is 21.2. The molecule has 4 heterocycles. The third kappa shape index (κ3) is 5.02. The summed E-state index contributed by atoms with van der Waals surface area (Å²) in [5.74, 6) is 1.34. The lowest BCUT2D eigenvalue weighted by molar-refractivity contribution is 0.0349. The van der Waals surface area contributed by atoms with E-state index in [2.05, 4.69) is 52.1 Å². The number of pyridine rings is 1. The minimum Gasteiger partial charge on any atom is -0.475 e. The molecular formula is C31H36ClN5O2. The van der Waals surface area contributed by atoms with Gasteiger partial charge in [0, 0.05) is 54.4 Å². The van der Waals surface area contributed by atoms with Crippen LogP contribution in [0.15, 0.2) is 36.4 Å². The van der Waals surface area contributed by atoms with Gasteiger partial charge < -0.3 is 24.5 Å². The molecule has 0 bridgehead atoms. The predicted octanol–water partition coefficient (Wildman–Crippen LogP) is 5.15. The topological polar surface area (TPSA) is 75.9 Å². The number of fused-ring (bicyclic) bond motifs is 2. The zero-order chi connectivity index (χ0) is 27.1. The van der Waals surface area contributed by atoms with Crippen molar-refractivity contribution in [1.82, 2.24) is 9.88 Å². The molecule has 0 unspecified atom stereocenters. The summed E-state index contributed by atoms with van der Waals surface area (Å²) in [5.41, 5.74) is 3.08. The van der Waals surface area contributed by atoms with Crippen molar-refractivity contribution in [2.45, 2.75) is 57.2 Å². The molecule has 204 valence electrons. The Morgan fingerprint density at radius 3 is 2.59 bits per heavy atom. The fourth-order valence-electron chi connectivity index (χ4n) is 6.38. The largest absolute Gasteiger partial charge is 0.475 e. The number of aliphatic hydroxyl groups is 1. The molecule has 6 rings (SSSR count). The number of hydrogen-bond donors (Lipinski definition) is 1. The van der Waals surface area contributed by atoms with Crippen LogP contribution in [0.1, 0.15) is 49.3 Å². The van der Waals surface area contributed by atoms with E-state index in [4.69, 9.17) is 21.3 Å². The highest BCUT2D eigenvalue weighted by Crippen LogP contribution is 2.40. The number of likely N-dealkylation sites (tertiary alicyclic amines) is 1. The Morgan fingerprint density at radius 2 is 1.87 bits per heavy atom. The van der Waals surface area contributed by atoms with E-state index >= 15 is 0 Å². The number of aromatic nitrogens is 1. The summed E-state index contributed by atoms with van der Waals surface area (Å²) < 4.78 is 6.36. The van der Waals surface area contributed by atoms with Gasteiger partial charge in [0.25, 0.3) is 0 Å². The van der Waals surface area contributed by atoms with Gasteiger partial charge in [0.2, 0.25) is 5.88 Å². The maximum atomic E-state index is 10.6. The van der Waals surface area contributed by atoms with Gasteiger partial charge in [-0.05, 0) is 70.1 Å². The first kappa shape index (κ1) is 26.2. The number of hydrogen-bond acceptors (Lipinski definition) is 7. The van der Waals surface area contributed by atoms with Crippen LogP contribution in [0.25, 0.3) is 10.8 Å². The van der Waals surface area contributed by atoms with E-state index in [1.54, 1.807) is 0 Å². The van der Waals surface area contributed by atoms with Crippen LogP contribution < -0.4 is 14.5 Å². The number of benzene rings is 2. The monoisotopic (exact) mass is 545 g/mol. The van der Waals surface area contributed by atoms with Crippen molar-refractivity contribution in [3.05, 3.63) is 58.1 Å². The lowest BCUT2D eigenvalue weighted by Crippen LogP contribution is -2.44. The molecule has 2 saturated heterocycles. The molecule has 0 amide bonds. The molecule has 3 aromatic rings. The molecule has 1 aromatic heterocycles. The number of halogens is 1. The molecule has 3 aliphatic rings. The molecule has 39 heavy (non-hydrogen) atoms. The molecule has 0 saturated carbocycles. The number of nitriles is 1. The van der Waals surface area contributed by atoms with E-state index in [1.165, 1.54) is 0 Å². The second kappa shape index (κ2) is 10.5. The first-order chi connectivity index (χ1) is 18.8. The molecule has 2 aromatic carbocycles. The number of rotatable bonds is 5. The van der Waals surface area contributed by atoms with Gasteiger partial charge in [-0.2, -0.15) is 10.2 Å². The lowest BCUT2D eigenvalue weighted by atomic mass is 9.91. The van der Waals surface area contributed by atoms with E-state index in [0.717, 1.165) is 83.9 Å². The molecule has 7 nitrogen and oxygen atoms in total. The number of anilines is 2. The minimum absolute atomic E-state index is 0.331. The summed E-state index contributed by atoms with van der Waals surface area (Å²) >= 11 is 6.69. The Balaban J connectivity index is 1.40. The summed E-state index contributed by atoms with van der Waals surface area (Å²) in [5, 5.41) is 23.8. The van der Waals surface area contributed by atoms with E-state index in [0.29, 0.717) is 43.5 Å². The highest BCUT2D eigenvalue weighted by molar-refractivity contribution is 6.36. The third-order valence-corrected chi connectivity index (χ3v) is 9.16. The van der Waals surface area contributed by atoms with Crippen molar-refractivity contribution in [2.24, 2.45) is 0 Å². The van der Waals surface area contributed by atoms with E-state index in [-0.39, 0.29) is 0 Å². The van der Waals surface area contributed by atoms with Gasteiger partial charge >= 0.3 is 0 Å². The Bertz CT molecular complexity index is 1420. The van der Waals surface area contributed by atoms with Gasteiger partial charge in [0.1, 0.15) is 24.1 Å². The van der Waals surface area contributed by atoms with Crippen molar-refractivity contribution in [1.29, 1.82) is 5.26 Å². The number of ether oxygens (including phenoxy) is 1. The van der Waals surface area contributed by atoms with E-state index < -0.39 is 5.60 Å². The van der Waals surface area contributed by atoms with Gasteiger partial charge in [0.15, 0.2) is 0 Å². The van der Waals surface area contributed by atoms with E-state index in [1.807, 2.05) is 19.1 Å². The highest BCUT2D eigenvalue weighted by Gasteiger charge is 2.34. The average Bonchev–Trinajstić information content (AvgIpc) is 3.35. The molecule has 1 atom stereocenters. The second-order valence-electron chi connectivity index (χ2n) is 11.5. The highest BCUT2D eigenvalue weighted by atomic mass is 35.5. The third-order valence-electron chi connectivity index (χ3n) is 8.85. The standard InChI is InChI=1S/C31H36ClN5O2/c1-31(38)12-16-36(17-13-31)29-23-11-15-37(27-10-4-7-21-6-3-9-26(32)28(21)27)19-25(23)24(18-33)30(34-29)39-20-22-8-5-14-35(22)2/h3-4,6-7,9-10,22,38H,5,8,11-17,19-20H2,1-2H3/t22-/m0/s1. The maximum Gasteiger partial charge on any atom is 0.234 e. The van der Waals surface area contributed by atoms with Crippen LogP contribution in [0.4, 0.5) is 11.5 Å². The van der Waals surface area contributed by atoms with Crippen molar-refractivity contribution in [3.63, 3.8) is 0 Å². The Kier molecular flexibility index (Phi) is 7.05. The fourth-order valence-corrected chi connectivity index (χ4v) is 6.66. The molecule has 2 fully saturated rings. The summed E-state index contributed by atoms with van der Waals surface area (Å²) in [6.07, 6.45) is 4.40. The first-order valence-electron chi connectivity index (χ1n) is 14.0. The van der Waals surface area contributed by atoms with Crippen LogP contribution in [0.3, 0.4) is 0 Å². The number of nitrogens with zero attached hydrogens (tertiary/aromatic N) is 5. The van der Waals surface area contributed by atoms with Crippen LogP contribution in [0, 0.1) is 11.3 Å². The van der Waals surface area contributed by atoms with Crippen LogP contribution >= 0.6 is 11.6 Å². The van der Waals surface area contributed by atoms with E-state index in [9.17, 15) is 10.4 Å². The summed E-state index contributed by atoms with van der Waals surface area (Å²) in [6.45, 7) is 6.34. The Morgan fingerprint density at radius 1 is 1.10 bits per heavy atom. The number of likely N-dealkylation sites (N-methyl/N-ethyl adjacent to an activating group) is 1. The smallest absolute Gasteiger partial charge is 0.234 e. The van der Waals surface area contributed by atoms with Crippen LogP contribution in [0.2, 0.25) is 5.02 Å². The van der Waals surface area contributed by atoms with Gasteiger partial charge in [-0.1, -0.05) is 35.9 Å². The predicted molar refractivity (Wildman–Crippen MR) is 156 cm³/mol. The van der Waals surface area contributed by atoms with Gasteiger partial charge in [-0.25, -0.2) is 0 Å². The van der Waals surface area contributed by atoms with Crippen molar-refractivity contribution in [3.8, 4) is 11.9 Å². The molecule has 0 aliphatic carbocycles. The van der Waals surface area contributed by atoms with Crippen LogP contribution in [-0.2, 0) is 13.0 Å². The first-order valence-corrected chi connectivity index (χ1v) is 14.4. The molecule has 8 heteroatoms. The Labute approximate surface area is 235 Å². The zero-order valence-corrected chi connectivity index (χ0v) is 23.5. The summed E-state index contributed by atoms with van der Waals surface area (Å²) in [4.78, 5) is 11.9. The molecular weight excluding hydrogens is 510 g/mol. The SMILES string of the molecule is CN1CCC[C@H]1COc1nc(N2CCC(C)(O)CC2)c2c(c1C#N)CN(c1cccc3cccc(Cl)c13)CC2. The average molecular weight is 546 g/mol. The van der Waals surface area contributed by atoms with Crippen LogP contribution in [-0.4, -0.2) is 66.5 Å². The zero-order valence-electron chi connectivity index (χ0n) is 22.8. The Hall–Kier alpha value is -3.05. The summed E-state index contributed by atoms with van der Waals surface area (Å²) in [7, 11) is 2.13. The quantitative estimate of drug-likeness (QED) is 0.475. The minimum atomic E-state index is -0.653. The lowest BCUT2D eigenvalue weighted by Gasteiger charge is -2.39. The van der Waals surface area contributed by atoms with Crippen molar-refractivity contribution < 1.29 is 9.84 Å². The molecule has 0 spiro atoms. The van der Waals surface area contributed by atoms with Crippen LogP contribution in [0.5, 0.6) is 5.88 Å². The summed E-state index contributed by atoms with van der Waals surface area (Å²) in [6, 6.07) is 15.1. The van der Waals surface area contributed by atoms with Gasteiger partial charge in [-0.15, -0.1) is 0 Å². The number of piperidine rings is 1. The van der Waals surface area contributed by atoms with Crippen molar-refractivity contribution in [2.75, 3.05) is 49.6 Å². The molecule has 1 N–H and O–H groups in total. The van der Waals surface area contributed by atoms with Crippen molar-refractivity contribution >= 4 is 33.9 Å². The maximum absolute atomic E-state index is 10.6. The fraction of sp³-hybridized carbons (Fsp3) is 0.484. The van der Waals surface area contributed by atoms with Gasteiger partial charge in [0.05, 0.1) is 10.6 Å². The molecule has 0 radical (unpaired) electrons. The second-order valence-corrected chi connectivity index (χ2v) is 11.9. The molecule has 3 aliphatic heterocycles.